The summed E-state index contributed by atoms with van der Waals surface area (Å²) in [5.74, 6) is -1.10. The molecule has 0 spiro atoms. The molecule has 0 aliphatic heterocycles. The Kier molecular flexibility index (Phi) is 5.93. The second kappa shape index (κ2) is 8.24. The smallest absolute Gasteiger partial charge is 0.339 e. The van der Waals surface area contributed by atoms with Crippen LogP contribution in [0.15, 0.2) is 47.4 Å². The number of carbonyl (C=O) groups excluding carboxylic acids is 2. The molecule has 1 aliphatic rings. The van der Waals surface area contributed by atoms with Gasteiger partial charge in [0.1, 0.15) is 0 Å². The van der Waals surface area contributed by atoms with Crippen LogP contribution in [0.3, 0.4) is 0 Å². The first-order chi connectivity index (χ1) is 13.7. The third kappa shape index (κ3) is 5.35. The van der Waals surface area contributed by atoms with Crippen LogP contribution in [0.2, 0.25) is 0 Å². The van der Waals surface area contributed by atoms with E-state index in [2.05, 4.69) is 10.0 Å². The van der Waals surface area contributed by atoms with Crippen molar-refractivity contribution in [2.45, 2.75) is 50.7 Å². The molecule has 8 heteroatoms. The molecule has 1 atom stereocenters. The summed E-state index contributed by atoms with van der Waals surface area (Å²) >= 11 is 0. The maximum absolute atomic E-state index is 12.7. The highest BCUT2D eigenvalue weighted by molar-refractivity contribution is 7.92. The average molecular weight is 416 g/mol. The second-order valence-corrected chi connectivity index (χ2v) is 8.96. The fourth-order valence-corrected chi connectivity index (χ4v) is 3.81. The van der Waals surface area contributed by atoms with Crippen LogP contribution >= 0.6 is 0 Å². The van der Waals surface area contributed by atoms with Gasteiger partial charge >= 0.3 is 5.97 Å². The summed E-state index contributed by atoms with van der Waals surface area (Å²) in [5, 5.41) is 2.77. The molecule has 1 fully saturated rings. The Morgan fingerprint density at radius 3 is 2.48 bits per heavy atom. The molecule has 29 heavy (non-hydrogen) atoms. The highest BCUT2D eigenvalue weighted by atomic mass is 32.2. The Balaban J connectivity index is 1.77. The van der Waals surface area contributed by atoms with Gasteiger partial charge in [-0.1, -0.05) is 18.2 Å². The lowest BCUT2D eigenvalue weighted by atomic mass is 10.1. The van der Waals surface area contributed by atoms with Crippen molar-refractivity contribution in [3.63, 3.8) is 0 Å². The Morgan fingerprint density at radius 1 is 1.10 bits per heavy atom. The number of hydrogen-bond donors (Lipinski definition) is 2. The number of carbonyl (C=O) groups is 2. The van der Waals surface area contributed by atoms with Crippen LogP contribution in [0.5, 0.6) is 0 Å². The minimum Gasteiger partial charge on any atom is -0.449 e. The number of anilines is 1. The van der Waals surface area contributed by atoms with E-state index in [9.17, 15) is 18.0 Å². The minimum absolute atomic E-state index is 0.0633. The summed E-state index contributed by atoms with van der Waals surface area (Å²) in [6.45, 7) is 5.03. The molecule has 0 radical (unpaired) electrons. The lowest BCUT2D eigenvalue weighted by molar-refractivity contribution is -0.129. The minimum atomic E-state index is -3.89. The Morgan fingerprint density at radius 2 is 1.83 bits per heavy atom. The zero-order chi connectivity index (χ0) is 21.2. The molecule has 1 amide bonds. The quantitative estimate of drug-likeness (QED) is 0.676. The number of aryl methyl sites for hydroxylation is 2. The number of hydrogen-bond acceptors (Lipinski definition) is 5. The topological polar surface area (TPSA) is 102 Å². The van der Waals surface area contributed by atoms with Crippen LogP contribution in [-0.2, 0) is 19.6 Å². The van der Waals surface area contributed by atoms with Gasteiger partial charge in [-0.15, -0.1) is 0 Å². The number of ether oxygens (including phenoxy) is 1. The summed E-state index contributed by atoms with van der Waals surface area (Å²) in [4.78, 5) is 24.5. The third-order valence-electron chi connectivity index (χ3n) is 4.59. The predicted octanol–water partition coefficient (Wildman–Crippen LogP) is 2.93. The standard InChI is InChI=1S/C21H24N2O5S/c1-13-5-4-6-17(11-13)23-29(26,27)18-10-7-14(2)19(12-18)21(25)28-15(3)20(24)22-16-8-9-16/h4-7,10-12,15-16,23H,8-9H2,1-3H3,(H,22,24)/t15-/m1/s1. The summed E-state index contributed by atoms with van der Waals surface area (Å²) in [7, 11) is -3.89. The second-order valence-electron chi connectivity index (χ2n) is 7.28. The van der Waals surface area contributed by atoms with Crippen molar-refractivity contribution in [1.29, 1.82) is 0 Å². The van der Waals surface area contributed by atoms with Gasteiger partial charge in [-0.25, -0.2) is 13.2 Å². The molecule has 7 nitrogen and oxygen atoms in total. The highest BCUT2D eigenvalue weighted by Gasteiger charge is 2.28. The van der Waals surface area contributed by atoms with Crippen molar-refractivity contribution >= 4 is 27.6 Å². The zero-order valence-electron chi connectivity index (χ0n) is 16.6. The van der Waals surface area contributed by atoms with Gasteiger partial charge in [-0.05, 0) is 69.0 Å². The van der Waals surface area contributed by atoms with E-state index in [1.54, 1.807) is 25.1 Å². The van der Waals surface area contributed by atoms with Crippen molar-refractivity contribution in [3.8, 4) is 0 Å². The SMILES string of the molecule is Cc1cccc(NS(=O)(=O)c2ccc(C)c(C(=O)O[C@H](C)C(=O)NC3CC3)c2)c1. The predicted molar refractivity (Wildman–Crippen MR) is 109 cm³/mol. The van der Waals surface area contributed by atoms with Gasteiger partial charge in [0, 0.05) is 11.7 Å². The lowest BCUT2D eigenvalue weighted by Gasteiger charge is -2.15. The highest BCUT2D eigenvalue weighted by Crippen LogP contribution is 2.22. The van der Waals surface area contributed by atoms with Gasteiger partial charge in [0.15, 0.2) is 6.10 Å². The molecule has 0 bridgehead atoms. The molecule has 0 saturated heterocycles. The number of benzene rings is 2. The van der Waals surface area contributed by atoms with E-state index >= 15 is 0 Å². The Bertz CT molecular complexity index is 1040. The maximum atomic E-state index is 12.7. The fraction of sp³-hybridized carbons (Fsp3) is 0.333. The Hall–Kier alpha value is -2.87. The van der Waals surface area contributed by atoms with E-state index in [0.717, 1.165) is 18.4 Å². The molecule has 1 aliphatic carbocycles. The fourth-order valence-electron chi connectivity index (χ4n) is 2.73. The summed E-state index contributed by atoms with van der Waals surface area (Å²) in [6, 6.07) is 11.4. The first-order valence-electron chi connectivity index (χ1n) is 9.37. The average Bonchev–Trinajstić information content (AvgIpc) is 3.45. The van der Waals surface area contributed by atoms with E-state index in [-0.39, 0.29) is 22.4 Å². The monoisotopic (exact) mass is 416 g/mol. The first-order valence-corrected chi connectivity index (χ1v) is 10.9. The summed E-state index contributed by atoms with van der Waals surface area (Å²) in [5.41, 5.74) is 2.00. The molecule has 0 unspecified atom stereocenters. The van der Waals surface area contributed by atoms with Crippen LogP contribution in [0.4, 0.5) is 5.69 Å². The number of esters is 1. The summed E-state index contributed by atoms with van der Waals surface area (Å²) in [6.07, 6.45) is 0.895. The molecular formula is C21H24N2O5S. The molecule has 1 saturated carbocycles. The maximum Gasteiger partial charge on any atom is 0.339 e. The van der Waals surface area contributed by atoms with Gasteiger partial charge < -0.3 is 10.1 Å². The van der Waals surface area contributed by atoms with Crippen LogP contribution in [0.25, 0.3) is 0 Å². The Labute approximate surface area is 170 Å². The van der Waals surface area contributed by atoms with E-state index in [1.165, 1.54) is 25.1 Å². The van der Waals surface area contributed by atoms with E-state index in [4.69, 9.17) is 4.74 Å². The molecule has 0 aromatic heterocycles. The molecule has 0 heterocycles. The van der Waals surface area contributed by atoms with Crippen LogP contribution in [0, 0.1) is 13.8 Å². The lowest BCUT2D eigenvalue weighted by Crippen LogP contribution is -2.37. The molecule has 2 N–H and O–H groups in total. The van der Waals surface area contributed by atoms with Gasteiger partial charge in [-0.2, -0.15) is 0 Å². The number of sulfonamides is 1. The van der Waals surface area contributed by atoms with Crippen molar-refractivity contribution in [1.82, 2.24) is 5.32 Å². The molecule has 154 valence electrons. The number of rotatable bonds is 7. The van der Waals surface area contributed by atoms with Gasteiger partial charge in [0.25, 0.3) is 15.9 Å². The summed E-state index contributed by atoms with van der Waals surface area (Å²) < 4.78 is 33.2. The van der Waals surface area contributed by atoms with Crippen molar-refractivity contribution in [2.75, 3.05) is 4.72 Å². The normalized spacial score (nSPS) is 14.7. The van der Waals surface area contributed by atoms with E-state index in [0.29, 0.717) is 11.3 Å². The van der Waals surface area contributed by atoms with Crippen LogP contribution < -0.4 is 10.0 Å². The van der Waals surface area contributed by atoms with Crippen LogP contribution in [-0.4, -0.2) is 32.4 Å². The molecule has 3 rings (SSSR count). The van der Waals surface area contributed by atoms with Gasteiger partial charge in [-0.3, -0.25) is 9.52 Å². The van der Waals surface area contributed by atoms with Crippen molar-refractivity contribution in [3.05, 3.63) is 59.2 Å². The largest absolute Gasteiger partial charge is 0.449 e. The molecular weight excluding hydrogens is 392 g/mol. The van der Waals surface area contributed by atoms with E-state index in [1.807, 2.05) is 13.0 Å². The van der Waals surface area contributed by atoms with Gasteiger partial charge in [0.05, 0.1) is 10.5 Å². The van der Waals surface area contributed by atoms with Crippen LogP contribution in [0.1, 0.15) is 41.3 Å². The third-order valence-corrected chi connectivity index (χ3v) is 5.97. The number of nitrogens with one attached hydrogen (secondary N) is 2. The first kappa shape index (κ1) is 20.9. The van der Waals surface area contributed by atoms with Crippen molar-refractivity contribution in [2.24, 2.45) is 0 Å². The zero-order valence-corrected chi connectivity index (χ0v) is 17.4. The molecule has 2 aromatic rings. The van der Waals surface area contributed by atoms with E-state index < -0.39 is 22.1 Å². The van der Waals surface area contributed by atoms with Crippen molar-refractivity contribution < 1.29 is 22.7 Å². The van der Waals surface area contributed by atoms with Gasteiger partial charge in [0.2, 0.25) is 0 Å². The molecule has 2 aromatic carbocycles. The number of amides is 1.